The maximum atomic E-state index is 12.0. The van der Waals surface area contributed by atoms with Gasteiger partial charge in [-0.1, -0.05) is 6.07 Å². The van der Waals surface area contributed by atoms with Crippen LogP contribution < -0.4 is 5.73 Å². The molecule has 2 N–H and O–H groups in total. The van der Waals surface area contributed by atoms with Gasteiger partial charge in [0, 0.05) is 37.5 Å². The van der Waals surface area contributed by atoms with Crippen molar-refractivity contribution in [2.45, 2.75) is 12.8 Å². The molecule has 5 heteroatoms. The molecule has 19 heavy (non-hydrogen) atoms. The van der Waals surface area contributed by atoms with Crippen molar-refractivity contribution in [3.05, 3.63) is 36.2 Å². The number of amides is 2. The highest BCUT2D eigenvalue weighted by molar-refractivity contribution is 5.92. The van der Waals surface area contributed by atoms with Crippen molar-refractivity contribution < 1.29 is 9.59 Å². The van der Waals surface area contributed by atoms with E-state index in [2.05, 4.69) is 4.98 Å². The minimum atomic E-state index is -0.266. The van der Waals surface area contributed by atoms with Crippen LogP contribution in [0.2, 0.25) is 0 Å². The van der Waals surface area contributed by atoms with Crippen molar-refractivity contribution in [1.29, 1.82) is 0 Å². The zero-order valence-electron chi connectivity index (χ0n) is 10.7. The molecule has 5 nitrogen and oxygen atoms in total. The number of carbonyl (C=O) groups excluding carboxylic acids is 2. The number of nitrogens with zero attached hydrogens (tertiary/aromatic N) is 2. The average molecular weight is 259 g/mol. The largest absolute Gasteiger partial charge is 0.369 e. The molecular weight excluding hydrogens is 242 g/mol. The van der Waals surface area contributed by atoms with Gasteiger partial charge in [0.05, 0.1) is 0 Å². The number of primary amides is 1. The number of likely N-dealkylation sites (tertiary alicyclic amines) is 1. The van der Waals surface area contributed by atoms with E-state index in [0.29, 0.717) is 25.9 Å². The van der Waals surface area contributed by atoms with Crippen LogP contribution in [-0.4, -0.2) is 34.8 Å². The van der Waals surface area contributed by atoms with Crippen LogP contribution in [0.5, 0.6) is 0 Å². The van der Waals surface area contributed by atoms with Gasteiger partial charge in [0.15, 0.2) is 0 Å². The van der Waals surface area contributed by atoms with E-state index in [1.165, 1.54) is 0 Å². The second-order valence-electron chi connectivity index (χ2n) is 4.62. The average Bonchev–Trinajstić information content (AvgIpc) is 2.46. The monoisotopic (exact) mass is 259 g/mol. The van der Waals surface area contributed by atoms with E-state index in [4.69, 9.17) is 5.73 Å². The summed E-state index contributed by atoms with van der Waals surface area (Å²) in [6, 6.07) is 3.71. The topological polar surface area (TPSA) is 76.3 Å². The molecule has 100 valence electrons. The molecule has 0 radical (unpaired) electrons. The third-order valence-corrected chi connectivity index (χ3v) is 3.31. The van der Waals surface area contributed by atoms with Gasteiger partial charge in [0.2, 0.25) is 11.8 Å². The Bertz CT molecular complexity index is 477. The third kappa shape index (κ3) is 3.64. The lowest BCUT2D eigenvalue weighted by molar-refractivity contribution is -0.130. The molecule has 0 atom stereocenters. The fourth-order valence-corrected chi connectivity index (χ4v) is 2.13. The number of carbonyl (C=O) groups is 2. The number of hydrogen-bond donors (Lipinski definition) is 1. The van der Waals surface area contributed by atoms with Crippen LogP contribution in [0.1, 0.15) is 18.4 Å². The van der Waals surface area contributed by atoms with Gasteiger partial charge in [-0.3, -0.25) is 14.6 Å². The van der Waals surface area contributed by atoms with Crippen molar-refractivity contribution >= 4 is 17.9 Å². The minimum Gasteiger partial charge on any atom is -0.369 e. The van der Waals surface area contributed by atoms with Crippen LogP contribution in [0.25, 0.3) is 6.08 Å². The second kappa shape index (κ2) is 6.13. The Hall–Kier alpha value is -2.17. The van der Waals surface area contributed by atoms with E-state index in [-0.39, 0.29) is 17.7 Å². The first kappa shape index (κ1) is 13.3. The first-order valence-electron chi connectivity index (χ1n) is 6.33. The van der Waals surface area contributed by atoms with E-state index < -0.39 is 0 Å². The summed E-state index contributed by atoms with van der Waals surface area (Å²) in [4.78, 5) is 28.7. The lowest BCUT2D eigenvalue weighted by atomic mass is 9.96. The number of aromatic nitrogens is 1. The van der Waals surface area contributed by atoms with Gasteiger partial charge in [-0.2, -0.15) is 0 Å². The molecule has 2 amide bonds. The Morgan fingerprint density at radius 3 is 2.68 bits per heavy atom. The van der Waals surface area contributed by atoms with Gasteiger partial charge in [-0.25, -0.2) is 0 Å². The van der Waals surface area contributed by atoms with Crippen LogP contribution in [0.4, 0.5) is 0 Å². The minimum absolute atomic E-state index is 0.0354. The molecular formula is C14H17N3O2. The number of piperidine rings is 1. The van der Waals surface area contributed by atoms with Crippen LogP contribution in [-0.2, 0) is 9.59 Å². The quantitative estimate of drug-likeness (QED) is 0.816. The Balaban J connectivity index is 1.88. The Morgan fingerprint density at radius 1 is 1.37 bits per heavy atom. The Labute approximate surface area is 112 Å². The molecule has 1 aliphatic rings. The number of hydrogen-bond acceptors (Lipinski definition) is 3. The van der Waals surface area contributed by atoms with E-state index in [1.807, 2.05) is 12.1 Å². The van der Waals surface area contributed by atoms with Crippen molar-refractivity contribution in [3.63, 3.8) is 0 Å². The summed E-state index contributed by atoms with van der Waals surface area (Å²) in [5.74, 6) is -0.392. The van der Waals surface area contributed by atoms with Crippen LogP contribution in [0, 0.1) is 5.92 Å². The maximum absolute atomic E-state index is 12.0. The highest BCUT2D eigenvalue weighted by Crippen LogP contribution is 2.17. The first-order chi connectivity index (χ1) is 9.16. The molecule has 1 aromatic rings. The van der Waals surface area contributed by atoms with E-state index in [1.54, 1.807) is 29.4 Å². The van der Waals surface area contributed by atoms with E-state index in [0.717, 1.165) is 5.56 Å². The molecule has 0 aromatic carbocycles. The van der Waals surface area contributed by atoms with Crippen molar-refractivity contribution in [2.75, 3.05) is 13.1 Å². The molecule has 1 saturated heterocycles. The molecule has 0 aliphatic carbocycles. The highest BCUT2D eigenvalue weighted by atomic mass is 16.2. The van der Waals surface area contributed by atoms with Gasteiger partial charge in [-0.15, -0.1) is 0 Å². The third-order valence-electron chi connectivity index (χ3n) is 3.31. The fourth-order valence-electron chi connectivity index (χ4n) is 2.13. The number of pyridine rings is 1. The fraction of sp³-hybridized carbons (Fsp3) is 0.357. The predicted octanol–water partition coefficient (Wildman–Crippen LogP) is 0.819. The van der Waals surface area contributed by atoms with Crippen LogP contribution >= 0.6 is 0 Å². The highest BCUT2D eigenvalue weighted by Gasteiger charge is 2.24. The van der Waals surface area contributed by atoms with E-state index in [9.17, 15) is 9.59 Å². The summed E-state index contributed by atoms with van der Waals surface area (Å²) in [5.41, 5.74) is 6.15. The smallest absolute Gasteiger partial charge is 0.246 e. The van der Waals surface area contributed by atoms with Crippen LogP contribution in [0.3, 0.4) is 0 Å². The van der Waals surface area contributed by atoms with Gasteiger partial charge in [0.25, 0.3) is 0 Å². The zero-order valence-corrected chi connectivity index (χ0v) is 10.7. The molecule has 2 heterocycles. The zero-order chi connectivity index (χ0) is 13.7. The SMILES string of the molecule is NC(=O)C1CCN(C(=O)/C=C\c2cccnc2)CC1. The summed E-state index contributed by atoms with van der Waals surface area (Å²) in [6.45, 7) is 1.17. The lowest BCUT2D eigenvalue weighted by Gasteiger charge is -2.29. The van der Waals surface area contributed by atoms with Gasteiger partial charge in [0.1, 0.15) is 0 Å². The predicted molar refractivity (Wildman–Crippen MR) is 71.8 cm³/mol. The molecule has 0 spiro atoms. The van der Waals surface area contributed by atoms with Gasteiger partial charge in [-0.05, 0) is 30.5 Å². The summed E-state index contributed by atoms with van der Waals surface area (Å²) >= 11 is 0. The summed E-state index contributed by atoms with van der Waals surface area (Å²) < 4.78 is 0. The molecule has 2 rings (SSSR count). The molecule has 1 aromatic heterocycles. The standard InChI is InChI=1S/C14H17N3O2/c15-14(19)12-5-8-17(9-6-12)13(18)4-3-11-2-1-7-16-10-11/h1-4,7,10,12H,5-6,8-9H2,(H2,15,19)/b4-3-. The molecule has 1 fully saturated rings. The number of rotatable bonds is 3. The second-order valence-corrected chi connectivity index (χ2v) is 4.62. The molecule has 0 saturated carbocycles. The van der Waals surface area contributed by atoms with Crippen molar-refractivity contribution in [3.8, 4) is 0 Å². The number of nitrogens with two attached hydrogens (primary N) is 1. The summed E-state index contributed by atoms with van der Waals surface area (Å²) in [5, 5.41) is 0. The van der Waals surface area contributed by atoms with Crippen LogP contribution in [0.15, 0.2) is 30.6 Å². The summed E-state index contributed by atoms with van der Waals surface area (Å²) in [7, 11) is 0. The molecule has 0 bridgehead atoms. The lowest BCUT2D eigenvalue weighted by Crippen LogP contribution is -2.41. The normalized spacial score (nSPS) is 16.7. The first-order valence-corrected chi connectivity index (χ1v) is 6.33. The molecule has 1 aliphatic heterocycles. The van der Waals surface area contributed by atoms with Gasteiger partial charge >= 0.3 is 0 Å². The Kier molecular flexibility index (Phi) is 4.28. The van der Waals surface area contributed by atoms with Gasteiger partial charge < -0.3 is 10.6 Å². The maximum Gasteiger partial charge on any atom is 0.246 e. The Morgan fingerprint density at radius 2 is 2.11 bits per heavy atom. The van der Waals surface area contributed by atoms with E-state index >= 15 is 0 Å². The van der Waals surface area contributed by atoms with Crippen molar-refractivity contribution in [1.82, 2.24) is 9.88 Å². The summed E-state index contributed by atoms with van der Waals surface area (Å²) in [6.07, 6.45) is 7.98. The molecule has 0 unspecified atom stereocenters. The van der Waals surface area contributed by atoms with Crippen molar-refractivity contribution in [2.24, 2.45) is 11.7 Å².